The van der Waals surface area contributed by atoms with Crippen molar-refractivity contribution in [3.63, 3.8) is 0 Å². The summed E-state index contributed by atoms with van der Waals surface area (Å²) in [6.45, 7) is 1.50. The van der Waals surface area contributed by atoms with E-state index in [-0.39, 0.29) is 16.5 Å². The van der Waals surface area contributed by atoms with Crippen molar-refractivity contribution in [3.05, 3.63) is 58.6 Å². The predicted molar refractivity (Wildman–Crippen MR) is 68.5 cm³/mol. The first-order valence-electron chi connectivity index (χ1n) is 5.58. The van der Waals surface area contributed by atoms with Crippen LogP contribution in [0.1, 0.15) is 18.6 Å². The average molecular weight is 285 g/mol. The van der Waals surface area contributed by atoms with Gasteiger partial charge in [-0.2, -0.15) is 0 Å². The normalized spacial score (nSPS) is 12.3. The second-order valence-electron chi connectivity index (χ2n) is 4.01. The highest BCUT2D eigenvalue weighted by Gasteiger charge is 2.15. The predicted octanol–water partition coefficient (Wildman–Crippen LogP) is 4.46. The summed E-state index contributed by atoms with van der Waals surface area (Å²) in [7, 11) is 0. The van der Waals surface area contributed by atoms with Gasteiger partial charge in [-0.3, -0.25) is 0 Å². The molecule has 1 atom stereocenters. The van der Waals surface area contributed by atoms with E-state index >= 15 is 0 Å². The fraction of sp³-hybridized carbons (Fsp3) is 0.143. The lowest BCUT2D eigenvalue weighted by atomic mass is 10.1. The highest BCUT2D eigenvalue weighted by Crippen LogP contribution is 2.33. The van der Waals surface area contributed by atoms with Crippen LogP contribution in [0.5, 0.6) is 11.5 Å². The van der Waals surface area contributed by atoms with E-state index in [0.29, 0.717) is 5.56 Å². The molecule has 2 nitrogen and oxygen atoms in total. The summed E-state index contributed by atoms with van der Waals surface area (Å²) in [5, 5.41) is 9.45. The molecule has 19 heavy (non-hydrogen) atoms. The lowest BCUT2D eigenvalue weighted by Crippen LogP contribution is -1.98. The second kappa shape index (κ2) is 5.55. The maximum absolute atomic E-state index is 13.7. The molecular weight excluding hydrogens is 274 g/mol. The van der Waals surface area contributed by atoms with Crippen molar-refractivity contribution in [1.82, 2.24) is 0 Å². The first-order chi connectivity index (χ1) is 8.99. The van der Waals surface area contributed by atoms with Crippen molar-refractivity contribution < 1.29 is 18.6 Å². The van der Waals surface area contributed by atoms with Gasteiger partial charge in [0.05, 0.1) is 11.1 Å². The average Bonchev–Trinajstić information content (AvgIpc) is 2.36. The Labute approximate surface area is 114 Å². The molecule has 0 spiro atoms. The van der Waals surface area contributed by atoms with E-state index < -0.39 is 17.7 Å². The fourth-order valence-corrected chi connectivity index (χ4v) is 1.79. The molecule has 100 valence electrons. The van der Waals surface area contributed by atoms with E-state index in [9.17, 15) is 13.9 Å². The minimum Gasteiger partial charge on any atom is -0.454 e. The third-order valence-electron chi connectivity index (χ3n) is 2.56. The molecule has 0 heterocycles. The number of aliphatic hydroxyl groups is 1. The number of para-hydroxylation sites is 1. The Hall–Kier alpha value is -1.65. The molecular formula is C14H11ClF2O2. The van der Waals surface area contributed by atoms with Crippen LogP contribution in [0.15, 0.2) is 36.4 Å². The topological polar surface area (TPSA) is 29.5 Å². The zero-order valence-corrected chi connectivity index (χ0v) is 10.8. The van der Waals surface area contributed by atoms with E-state index in [1.165, 1.54) is 31.2 Å². The number of hydrogen-bond acceptors (Lipinski definition) is 2. The molecule has 0 saturated heterocycles. The van der Waals surface area contributed by atoms with Gasteiger partial charge in [0.25, 0.3) is 0 Å². The summed E-state index contributed by atoms with van der Waals surface area (Å²) in [5.74, 6) is -1.10. The second-order valence-corrected chi connectivity index (χ2v) is 4.42. The Morgan fingerprint density at radius 1 is 1.16 bits per heavy atom. The summed E-state index contributed by atoms with van der Waals surface area (Å²) >= 11 is 5.62. The highest BCUT2D eigenvalue weighted by atomic mass is 35.5. The number of hydrogen-bond donors (Lipinski definition) is 1. The van der Waals surface area contributed by atoms with Crippen LogP contribution < -0.4 is 4.74 Å². The van der Waals surface area contributed by atoms with Gasteiger partial charge in [0.2, 0.25) is 0 Å². The smallest absolute Gasteiger partial charge is 0.168 e. The molecule has 0 radical (unpaired) electrons. The van der Waals surface area contributed by atoms with Crippen LogP contribution in [0.3, 0.4) is 0 Å². The quantitative estimate of drug-likeness (QED) is 0.901. The van der Waals surface area contributed by atoms with Crippen LogP contribution in [0.25, 0.3) is 0 Å². The Kier molecular flexibility index (Phi) is 4.02. The van der Waals surface area contributed by atoms with Gasteiger partial charge >= 0.3 is 0 Å². The van der Waals surface area contributed by atoms with Crippen LogP contribution in [-0.4, -0.2) is 5.11 Å². The summed E-state index contributed by atoms with van der Waals surface area (Å²) < 4.78 is 32.1. The third-order valence-corrected chi connectivity index (χ3v) is 2.85. The molecule has 2 aromatic rings. The summed E-state index contributed by atoms with van der Waals surface area (Å²) in [4.78, 5) is 0. The molecule has 0 fully saturated rings. The maximum Gasteiger partial charge on any atom is 0.168 e. The lowest BCUT2D eigenvalue weighted by molar-refractivity contribution is 0.194. The van der Waals surface area contributed by atoms with Crippen molar-refractivity contribution in [2.75, 3.05) is 0 Å². The first-order valence-corrected chi connectivity index (χ1v) is 5.96. The van der Waals surface area contributed by atoms with Crippen LogP contribution in [-0.2, 0) is 0 Å². The first kappa shape index (κ1) is 13.8. The van der Waals surface area contributed by atoms with Gasteiger partial charge in [0.1, 0.15) is 11.6 Å². The van der Waals surface area contributed by atoms with E-state index in [2.05, 4.69) is 0 Å². The number of halogens is 3. The third kappa shape index (κ3) is 3.03. The van der Waals surface area contributed by atoms with Gasteiger partial charge < -0.3 is 9.84 Å². The lowest BCUT2D eigenvalue weighted by Gasteiger charge is -2.14. The zero-order chi connectivity index (χ0) is 14.0. The van der Waals surface area contributed by atoms with Crippen molar-refractivity contribution in [3.8, 4) is 11.5 Å². The summed E-state index contributed by atoms with van der Waals surface area (Å²) in [5.41, 5.74) is 0.306. The SMILES string of the molecule is C[C@H](O)c1cccc(F)c1Oc1ccc(F)c(Cl)c1. The summed E-state index contributed by atoms with van der Waals surface area (Å²) in [6, 6.07) is 7.94. The summed E-state index contributed by atoms with van der Waals surface area (Å²) in [6.07, 6.45) is -0.887. The largest absolute Gasteiger partial charge is 0.454 e. The van der Waals surface area contributed by atoms with Gasteiger partial charge in [0.15, 0.2) is 11.6 Å². The number of ether oxygens (including phenoxy) is 1. The molecule has 2 aromatic carbocycles. The van der Waals surface area contributed by atoms with Crippen molar-refractivity contribution >= 4 is 11.6 Å². The molecule has 5 heteroatoms. The van der Waals surface area contributed by atoms with Gasteiger partial charge in [-0.1, -0.05) is 23.7 Å². The number of rotatable bonds is 3. The highest BCUT2D eigenvalue weighted by molar-refractivity contribution is 6.30. The molecule has 0 aromatic heterocycles. The molecule has 2 rings (SSSR count). The van der Waals surface area contributed by atoms with Gasteiger partial charge in [-0.15, -0.1) is 0 Å². The number of benzene rings is 2. The minimum atomic E-state index is -0.887. The van der Waals surface area contributed by atoms with E-state index in [1.807, 2.05) is 0 Å². The zero-order valence-electron chi connectivity index (χ0n) is 10.0. The molecule has 1 N–H and O–H groups in total. The van der Waals surface area contributed by atoms with Crippen LogP contribution >= 0.6 is 11.6 Å². The Bertz CT molecular complexity index is 600. The standard InChI is InChI=1S/C14H11ClF2O2/c1-8(18)10-3-2-4-13(17)14(10)19-9-5-6-12(16)11(15)7-9/h2-8,18H,1H3/t8-/m0/s1. The van der Waals surface area contributed by atoms with Crippen molar-refractivity contribution in [2.45, 2.75) is 13.0 Å². The molecule has 0 saturated carbocycles. The Morgan fingerprint density at radius 3 is 2.53 bits per heavy atom. The van der Waals surface area contributed by atoms with Crippen LogP contribution in [0.4, 0.5) is 8.78 Å². The van der Waals surface area contributed by atoms with Crippen molar-refractivity contribution in [2.24, 2.45) is 0 Å². The minimum absolute atomic E-state index is 0.0971. The molecule has 0 aliphatic rings. The van der Waals surface area contributed by atoms with E-state index in [4.69, 9.17) is 16.3 Å². The maximum atomic E-state index is 13.7. The Balaban J connectivity index is 2.40. The van der Waals surface area contributed by atoms with Gasteiger partial charge in [-0.25, -0.2) is 8.78 Å². The number of aliphatic hydroxyl groups excluding tert-OH is 1. The van der Waals surface area contributed by atoms with E-state index in [0.717, 1.165) is 6.07 Å². The molecule has 0 aliphatic heterocycles. The molecule has 0 bridgehead atoms. The Morgan fingerprint density at radius 2 is 1.89 bits per heavy atom. The van der Waals surface area contributed by atoms with Gasteiger partial charge in [-0.05, 0) is 25.1 Å². The van der Waals surface area contributed by atoms with Crippen LogP contribution in [0, 0.1) is 11.6 Å². The fourth-order valence-electron chi connectivity index (χ4n) is 1.62. The molecule has 0 unspecified atom stereocenters. The van der Waals surface area contributed by atoms with Crippen molar-refractivity contribution in [1.29, 1.82) is 0 Å². The van der Waals surface area contributed by atoms with Crippen LogP contribution in [0.2, 0.25) is 5.02 Å². The van der Waals surface area contributed by atoms with E-state index in [1.54, 1.807) is 6.07 Å². The molecule has 0 amide bonds. The van der Waals surface area contributed by atoms with Gasteiger partial charge in [0, 0.05) is 11.6 Å². The molecule has 0 aliphatic carbocycles. The monoisotopic (exact) mass is 284 g/mol.